The third-order valence-corrected chi connectivity index (χ3v) is 5.76. The van der Waals surface area contributed by atoms with Gasteiger partial charge >= 0.3 is 0 Å². The zero-order valence-electron chi connectivity index (χ0n) is 13.2. The summed E-state index contributed by atoms with van der Waals surface area (Å²) in [4.78, 5) is 0.304. The summed E-state index contributed by atoms with van der Waals surface area (Å²) in [6.45, 7) is 8.04. The first-order chi connectivity index (χ1) is 9.54. The van der Waals surface area contributed by atoms with Gasteiger partial charge in [-0.1, -0.05) is 32.9 Å². The van der Waals surface area contributed by atoms with Crippen LogP contribution in [0.3, 0.4) is 0 Å². The van der Waals surface area contributed by atoms with E-state index in [9.17, 15) is 13.5 Å². The van der Waals surface area contributed by atoms with E-state index in [1.807, 2.05) is 12.1 Å². The molecule has 0 saturated heterocycles. The van der Waals surface area contributed by atoms with Crippen LogP contribution in [-0.2, 0) is 15.4 Å². The maximum atomic E-state index is 12.5. The fraction of sp³-hybridized carbons (Fsp3) is 0.625. The first-order valence-electron chi connectivity index (χ1n) is 7.37. The molecule has 1 saturated carbocycles. The molecule has 2 rings (SSSR count). The van der Waals surface area contributed by atoms with Crippen LogP contribution in [0.5, 0.6) is 0 Å². The average Bonchev–Trinajstić information content (AvgIpc) is 2.33. The molecule has 0 spiro atoms. The lowest BCUT2D eigenvalue weighted by Crippen LogP contribution is -2.47. The zero-order chi connectivity index (χ0) is 15.9. The molecule has 0 aliphatic heterocycles. The van der Waals surface area contributed by atoms with Crippen LogP contribution < -0.4 is 4.72 Å². The van der Waals surface area contributed by atoms with E-state index in [1.165, 1.54) is 0 Å². The lowest BCUT2D eigenvalue weighted by atomic mass is 9.81. The van der Waals surface area contributed by atoms with Crippen molar-refractivity contribution >= 4 is 10.0 Å². The van der Waals surface area contributed by atoms with Crippen LogP contribution in [0.15, 0.2) is 23.1 Å². The molecule has 0 atom stereocenters. The van der Waals surface area contributed by atoms with E-state index in [4.69, 9.17) is 0 Å². The monoisotopic (exact) mass is 311 g/mol. The number of benzene rings is 1. The minimum Gasteiger partial charge on any atom is -0.389 e. The fourth-order valence-electron chi connectivity index (χ4n) is 2.42. The van der Waals surface area contributed by atoms with Gasteiger partial charge in [-0.2, -0.15) is 0 Å². The largest absolute Gasteiger partial charge is 0.389 e. The summed E-state index contributed by atoms with van der Waals surface area (Å²) in [6.07, 6.45) is 2.28. The second-order valence-electron chi connectivity index (χ2n) is 7.13. The highest BCUT2D eigenvalue weighted by molar-refractivity contribution is 7.89. The van der Waals surface area contributed by atoms with E-state index in [0.29, 0.717) is 17.7 Å². The molecule has 0 unspecified atom stereocenters. The Hall–Kier alpha value is -0.910. The van der Waals surface area contributed by atoms with Crippen LogP contribution >= 0.6 is 0 Å². The van der Waals surface area contributed by atoms with E-state index < -0.39 is 15.6 Å². The molecule has 21 heavy (non-hydrogen) atoms. The summed E-state index contributed by atoms with van der Waals surface area (Å²) < 4.78 is 27.6. The van der Waals surface area contributed by atoms with Gasteiger partial charge in [0.2, 0.25) is 10.0 Å². The van der Waals surface area contributed by atoms with Gasteiger partial charge in [0.1, 0.15) is 0 Å². The van der Waals surface area contributed by atoms with Gasteiger partial charge < -0.3 is 5.11 Å². The summed E-state index contributed by atoms with van der Waals surface area (Å²) in [6, 6.07) is 5.55. The van der Waals surface area contributed by atoms with Crippen molar-refractivity contribution in [2.24, 2.45) is 0 Å². The van der Waals surface area contributed by atoms with Gasteiger partial charge in [0, 0.05) is 6.54 Å². The van der Waals surface area contributed by atoms with Crippen molar-refractivity contribution in [1.82, 2.24) is 4.72 Å². The van der Waals surface area contributed by atoms with E-state index in [1.54, 1.807) is 13.0 Å². The Balaban J connectivity index is 2.26. The van der Waals surface area contributed by atoms with Gasteiger partial charge in [-0.05, 0) is 48.8 Å². The van der Waals surface area contributed by atoms with Gasteiger partial charge in [0.15, 0.2) is 0 Å². The highest BCUT2D eigenvalue weighted by Gasteiger charge is 2.35. The van der Waals surface area contributed by atoms with Crippen LogP contribution in [-0.4, -0.2) is 25.7 Å². The highest BCUT2D eigenvalue weighted by Crippen LogP contribution is 2.31. The molecule has 118 valence electrons. The highest BCUT2D eigenvalue weighted by atomic mass is 32.2. The summed E-state index contributed by atoms with van der Waals surface area (Å²) in [5.74, 6) is 0. The predicted molar refractivity (Wildman–Crippen MR) is 83.9 cm³/mol. The Morgan fingerprint density at radius 1 is 1.29 bits per heavy atom. The smallest absolute Gasteiger partial charge is 0.240 e. The van der Waals surface area contributed by atoms with Crippen molar-refractivity contribution < 1.29 is 13.5 Å². The number of rotatable bonds is 4. The molecule has 0 radical (unpaired) electrons. The maximum Gasteiger partial charge on any atom is 0.240 e. The summed E-state index contributed by atoms with van der Waals surface area (Å²) in [5.41, 5.74) is 0.735. The van der Waals surface area contributed by atoms with Gasteiger partial charge in [-0.25, -0.2) is 13.1 Å². The topological polar surface area (TPSA) is 66.4 Å². The molecule has 5 heteroatoms. The van der Waals surface area contributed by atoms with E-state index in [0.717, 1.165) is 17.5 Å². The number of aliphatic hydroxyl groups is 1. The van der Waals surface area contributed by atoms with Crippen molar-refractivity contribution in [1.29, 1.82) is 0 Å². The molecular formula is C16H25NO3S. The number of hydrogen-bond donors (Lipinski definition) is 2. The molecule has 1 aliphatic rings. The molecule has 1 aliphatic carbocycles. The molecule has 0 aromatic heterocycles. The summed E-state index contributed by atoms with van der Waals surface area (Å²) in [7, 11) is -3.59. The normalized spacial score (nSPS) is 18.3. The molecule has 2 N–H and O–H groups in total. The molecule has 0 amide bonds. The van der Waals surface area contributed by atoms with Crippen molar-refractivity contribution in [3.8, 4) is 0 Å². The summed E-state index contributed by atoms with van der Waals surface area (Å²) >= 11 is 0. The van der Waals surface area contributed by atoms with E-state index >= 15 is 0 Å². The van der Waals surface area contributed by atoms with Gasteiger partial charge in [0.25, 0.3) is 0 Å². The van der Waals surface area contributed by atoms with E-state index in [2.05, 4.69) is 25.5 Å². The first kappa shape index (κ1) is 16.5. The zero-order valence-corrected chi connectivity index (χ0v) is 14.0. The minimum atomic E-state index is -3.59. The predicted octanol–water partition coefficient (Wildman–Crippen LogP) is 2.49. The Bertz CT molecular complexity index is 625. The average molecular weight is 311 g/mol. The Morgan fingerprint density at radius 3 is 2.38 bits per heavy atom. The lowest BCUT2D eigenvalue weighted by molar-refractivity contribution is -0.0270. The second kappa shape index (κ2) is 5.38. The Labute approximate surface area is 127 Å². The van der Waals surface area contributed by atoms with E-state index in [-0.39, 0.29) is 12.0 Å². The molecule has 0 bridgehead atoms. The Kier molecular flexibility index (Phi) is 4.21. The lowest BCUT2D eigenvalue weighted by Gasteiger charge is -2.36. The van der Waals surface area contributed by atoms with Crippen molar-refractivity contribution in [3.63, 3.8) is 0 Å². The molecule has 0 heterocycles. The molecule has 1 aromatic carbocycles. The van der Waals surface area contributed by atoms with Crippen LogP contribution in [0.1, 0.15) is 51.2 Å². The standard InChI is InChI=1S/C16H25NO3S/c1-12-6-7-13(15(2,3)4)10-14(12)21(19,20)17-11-16(18)8-5-9-16/h6-7,10,17-18H,5,8-9,11H2,1-4H3. The quantitative estimate of drug-likeness (QED) is 0.898. The van der Waals surface area contributed by atoms with Gasteiger partial charge in [-0.3, -0.25) is 0 Å². The number of hydrogen-bond acceptors (Lipinski definition) is 3. The number of nitrogens with one attached hydrogen (secondary N) is 1. The summed E-state index contributed by atoms with van der Waals surface area (Å²) in [5, 5.41) is 10.0. The first-order valence-corrected chi connectivity index (χ1v) is 8.85. The molecule has 1 fully saturated rings. The molecule has 1 aromatic rings. The van der Waals surface area contributed by atoms with Crippen LogP contribution in [0.25, 0.3) is 0 Å². The molecule has 4 nitrogen and oxygen atoms in total. The van der Waals surface area contributed by atoms with Gasteiger partial charge in [-0.15, -0.1) is 0 Å². The van der Waals surface area contributed by atoms with Crippen molar-refractivity contribution in [2.75, 3.05) is 6.54 Å². The number of sulfonamides is 1. The SMILES string of the molecule is Cc1ccc(C(C)(C)C)cc1S(=O)(=O)NCC1(O)CCC1. The minimum absolute atomic E-state index is 0.0918. The van der Waals surface area contributed by atoms with Crippen LogP contribution in [0, 0.1) is 6.92 Å². The third kappa shape index (κ3) is 3.65. The van der Waals surface area contributed by atoms with Crippen LogP contribution in [0.2, 0.25) is 0 Å². The van der Waals surface area contributed by atoms with Crippen LogP contribution in [0.4, 0.5) is 0 Å². The fourth-order valence-corrected chi connectivity index (χ4v) is 3.81. The molecular weight excluding hydrogens is 286 g/mol. The van der Waals surface area contributed by atoms with Crippen molar-refractivity contribution in [2.45, 2.75) is 62.9 Å². The maximum absolute atomic E-state index is 12.5. The Morgan fingerprint density at radius 2 is 1.90 bits per heavy atom. The van der Waals surface area contributed by atoms with Crippen molar-refractivity contribution in [3.05, 3.63) is 29.3 Å². The van der Waals surface area contributed by atoms with Gasteiger partial charge in [0.05, 0.1) is 10.5 Å². The number of aryl methyl sites for hydroxylation is 1. The second-order valence-corrected chi connectivity index (χ2v) is 8.87. The third-order valence-electron chi connectivity index (χ3n) is 4.22.